The molecule has 0 aliphatic rings. The van der Waals surface area contributed by atoms with E-state index in [1.54, 1.807) is 0 Å². The molecule has 0 spiro atoms. The van der Waals surface area contributed by atoms with Crippen LogP contribution >= 0.6 is 0 Å². The number of hydrogen-bond donors (Lipinski definition) is 3. The van der Waals surface area contributed by atoms with Crippen molar-refractivity contribution in [3.63, 3.8) is 0 Å². The summed E-state index contributed by atoms with van der Waals surface area (Å²) in [6, 6.07) is 7.94. The second kappa shape index (κ2) is 10.2. The number of nitrogens with one attached hydrogen (secondary N) is 2. The van der Waals surface area contributed by atoms with Crippen molar-refractivity contribution >= 4 is 5.96 Å². The van der Waals surface area contributed by atoms with Crippen LogP contribution in [-0.2, 0) is 6.18 Å². The van der Waals surface area contributed by atoms with Crippen molar-refractivity contribution in [3.05, 3.63) is 53.5 Å². The number of rotatable bonds is 8. The predicted molar refractivity (Wildman–Crippen MR) is 104 cm³/mol. The van der Waals surface area contributed by atoms with Gasteiger partial charge in [-0.1, -0.05) is 0 Å². The molecule has 2 rings (SSSR count). The van der Waals surface area contributed by atoms with Gasteiger partial charge >= 0.3 is 6.18 Å². The molecule has 0 amide bonds. The number of hydrogen-bond acceptors (Lipinski definition) is 4. The fourth-order valence-electron chi connectivity index (χ4n) is 2.46. The van der Waals surface area contributed by atoms with Crippen molar-refractivity contribution < 1.29 is 27.4 Å². The molecule has 0 aliphatic carbocycles. The molecule has 2 atom stereocenters. The smallest absolute Gasteiger partial charge is 0.416 e. The average Bonchev–Trinajstić information content (AvgIpc) is 3.11. The standard InChI is InChI=1S/C20H26F3N3O3/c1-4-24-19(26-14(3)18-10-5-13(2)29-18)25-11-16(27)12-28-17-8-6-15(7-9-17)20(21,22)23/h5-10,14,16,27H,4,11-12H2,1-3H3,(H2,24,25,26). The first kappa shape index (κ1) is 22.6. The monoisotopic (exact) mass is 413 g/mol. The number of guanidine groups is 1. The van der Waals surface area contributed by atoms with Crippen molar-refractivity contribution in [1.82, 2.24) is 10.6 Å². The third-order valence-corrected chi connectivity index (χ3v) is 3.97. The Morgan fingerprint density at radius 3 is 2.45 bits per heavy atom. The Labute approximate surface area is 167 Å². The first-order chi connectivity index (χ1) is 13.7. The molecular weight excluding hydrogens is 387 g/mol. The van der Waals surface area contributed by atoms with Crippen molar-refractivity contribution in [2.24, 2.45) is 4.99 Å². The van der Waals surface area contributed by atoms with Crippen LogP contribution in [0.5, 0.6) is 5.75 Å². The van der Waals surface area contributed by atoms with Gasteiger partial charge in [0.05, 0.1) is 18.2 Å². The lowest BCUT2D eigenvalue weighted by atomic mass is 10.2. The van der Waals surface area contributed by atoms with E-state index in [2.05, 4.69) is 15.6 Å². The number of nitrogens with zero attached hydrogens (tertiary/aromatic N) is 1. The lowest BCUT2D eigenvalue weighted by Gasteiger charge is -2.17. The fraction of sp³-hybridized carbons (Fsp3) is 0.450. The summed E-state index contributed by atoms with van der Waals surface area (Å²) in [5.41, 5.74) is -0.753. The lowest BCUT2D eigenvalue weighted by molar-refractivity contribution is -0.137. The van der Waals surface area contributed by atoms with Crippen LogP contribution < -0.4 is 15.4 Å². The van der Waals surface area contributed by atoms with Crippen LogP contribution in [0, 0.1) is 6.92 Å². The molecule has 0 radical (unpaired) electrons. The normalized spacial score (nSPS) is 14.4. The highest BCUT2D eigenvalue weighted by Gasteiger charge is 2.30. The summed E-state index contributed by atoms with van der Waals surface area (Å²) in [6.45, 7) is 6.30. The van der Waals surface area contributed by atoms with Crippen LogP contribution in [0.3, 0.4) is 0 Å². The minimum absolute atomic E-state index is 0.0554. The molecule has 2 unspecified atom stereocenters. The number of ether oxygens (including phenoxy) is 1. The molecule has 6 nitrogen and oxygen atoms in total. The van der Waals surface area contributed by atoms with Crippen molar-refractivity contribution in [2.45, 2.75) is 39.1 Å². The molecule has 2 aromatic rings. The number of alkyl halides is 3. The Balaban J connectivity index is 1.86. The van der Waals surface area contributed by atoms with Gasteiger partial charge in [0, 0.05) is 6.54 Å². The third kappa shape index (κ3) is 7.34. The first-order valence-electron chi connectivity index (χ1n) is 9.28. The van der Waals surface area contributed by atoms with Gasteiger partial charge in [0.2, 0.25) is 0 Å². The minimum Gasteiger partial charge on any atom is -0.491 e. The summed E-state index contributed by atoms with van der Waals surface area (Å²) < 4.78 is 48.6. The highest BCUT2D eigenvalue weighted by molar-refractivity contribution is 5.80. The van der Waals surface area contributed by atoms with E-state index >= 15 is 0 Å². The van der Waals surface area contributed by atoms with Crippen LogP contribution in [0.4, 0.5) is 13.2 Å². The van der Waals surface area contributed by atoms with E-state index in [0.29, 0.717) is 12.5 Å². The maximum atomic E-state index is 12.6. The molecule has 29 heavy (non-hydrogen) atoms. The van der Waals surface area contributed by atoms with Crippen LogP contribution in [0.1, 0.15) is 37.0 Å². The molecule has 0 saturated carbocycles. The van der Waals surface area contributed by atoms with Crippen molar-refractivity contribution in [2.75, 3.05) is 19.7 Å². The summed E-state index contributed by atoms with van der Waals surface area (Å²) in [7, 11) is 0. The molecule has 0 aliphatic heterocycles. The van der Waals surface area contributed by atoms with E-state index in [9.17, 15) is 18.3 Å². The van der Waals surface area contributed by atoms with Crippen LogP contribution in [0.15, 0.2) is 45.8 Å². The Morgan fingerprint density at radius 2 is 1.90 bits per heavy atom. The molecule has 1 aromatic carbocycles. The Bertz CT molecular complexity index is 788. The zero-order valence-corrected chi connectivity index (χ0v) is 16.6. The van der Waals surface area contributed by atoms with E-state index in [-0.39, 0.29) is 24.9 Å². The van der Waals surface area contributed by atoms with Crippen LogP contribution in [0.25, 0.3) is 0 Å². The molecule has 0 saturated heterocycles. The number of aryl methyl sites for hydroxylation is 1. The summed E-state index contributed by atoms with van der Waals surface area (Å²) in [6.07, 6.45) is -5.32. The van der Waals surface area contributed by atoms with Crippen molar-refractivity contribution in [1.29, 1.82) is 0 Å². The largest absolute Gasteiger partial charge is 0.491 e. The molecule has 160 valence electrons. The van der Waals surface area contributed by atoms with Gasteiger partial charge in [-0.15, -0.1) is 0 Å². The van der Waals surface area contributed by atoms with Gasteiger partial charge in [-0.3, -0.25) is 4.99 Å². The molecule has 1 heterocycles. The van der Waals surface area contributed by atoms with Gasteiger partial charge in [0.1, 0.15) is 30.0 Å². The number of halogens is 3. The topological polar surface area (TPSA) is 79.0 Å². The summed E-state index contributed by atoms with van der Waals surface area (Å²) in [4.78, 5) is 4.32. The SMILES string of the molecule is CCNC(=NCC(O)COc1ccc(C(F)(F)F)cc1)NC(C)c1ccc(C)o1. The average molecular weight is 413 g/mol. The van der Waals surface area contributed by atoms with E-state index in [1.807, 2.05) is 32.9 Å². The van der Waals surface area contributed by atoms with E-state index in [0.717, 1.165) is 23.7 Å². The van der Waals surface area contributed by atoms with E-state index in [4.69, 9.17) is 9.15 Å². The quantitative estimate of drug-likeness (QED) is 0.455. The number of aliphatic imine (C=N–C) groups is 1. The lowest BCUT2D eigenvalue weighted by Crippen LogP contribution is -2.39. The molecule has 0 fully saturated rings. The molecule has 3 N–H and O–H groups in total. The van der Waals surface area contributed by atoms with Crippen LogP contribution in [0.2, 0.25) is 0 Å². The zero-order chi connectivity index (χ0) is 21.4. The molecular formula is C20H26F3N3O3. The zero-order valence-electron chi connectivity index (χ0n) is 16.6. The van der Waals surface area contributed by atoms with Gasteiger partial charge in [0.15, 0.2) is 5.96 Å². The first-order valence-corrected chi connectivity index (χ1v) is 9.28. The summed E-state index contributed by atoms with van der Waals surface area (Å²) in [5.74, 6) is 2.32. The van der Waals surface area contributed by atoms with Gasteiger partial charge in [0.25, 0.3) is 0 Å². The van der Waals surface area contributed by atoms with Crippen molar-refractivity contribution in [3.8, 4) is 5.75 Å². The van der Waals surface area contributed by atoms with Crippen LogP contribution in [-0.4, -0.2) is 36.9 Å². The second-order valence-corrected chi connectivity index (χ2v) is 6.52. The number of aliphatic hydroxyl groups excluding tert-OH is 1. The summed E-state index contributed by atoms with van der Waals surface area (Å²) >= 11 is 0. The fourth-order valence-corrected chi connectivity index (χ4v) is 2.46. The van der Waals surface area contributed by atoms with Gasteiger partial charge in [-0.25, -0.2) is 0 Å². The van der Waals surface area contributed by atoms with Gasteiger partial charge in [-0.05, 0) is 57.2 Å². The van der Waals surface area contributed by atoms with E-state index in [1.165, 1.54) is 12.1 Å². The maximum Gasteiger partial charge on any atom is 0.416 e. The third-order valence-electron chi connectivity index (χ3n) is 3.97. The molecule has 1 aromatic heterocycles. The summed E-state index contributed by atoms with van der Waals surface area (Å²) in [5, 5.41) is 16.3. The predicted octanol–water partition coefficient (Wildman–Crippen LogP) is 3.66. The number of furan rings is 1. The maximum absolute atomic E-state index is 12.6. The Morgan fingerprint density at radius 1 is 1.21 bits per heavy atom. The highest BCUT2D eigenvalue weighted by Crippen LogP contribution is 2.30. The number of benzene rings is 1. The second-order valence-electron chi connectivity index (χ2n) is 6.52. The highest BCUT2D eigenvalue weighted by atomic mass is 19.4. The van der Waals surface area contributed by atoms with Gasteiger partial charge < -0.3 is 24.9 Å². The van der Waals surface area contributed by atoms with Gasteiger partial charge in [-0.2, -0.15) is 13.2 Å². The Hall–Kier alpha value is -2.68. The molecule has 9 heteroatoms. The Kier molecular flexibility index (Phi) is 7.95. The van der Waals surface area contributed by atoms with E-state index < -0.39 is 17.8 Å². The number of aliphatic hydroxyl groups is 1. The minimum atomic E-state index is -4.39. The molecule has 0 bridgehead atoms.